The van der Waals surface area contributed by atoms with Gasteiger partial charge in [-0.3, -0.25) is 14.5 Å². The average molecular weight is 438 g/mol. The zero-order chi connectivity index (χ0) is 22.2. The maximum absolute atomic E-state index is 12.9. The molecule has 0 atom stereocenters. The van der Waals surface area contributed by atoms with Crippen LogP contribution in [0.4, 0.5) is 0 Å². The molecule has 1 fully saturated rings. The fourth-order valence-corrected chi connectivity index (χ4v) is 4.16. The van der Waals surface area contributed by atoms with Crippen molar-refractivity contribution >= 4 is 11.8 Å². The van der Waals surface area contributed by atoms with E-state index in [1.54, 1.807) is 6.07 Å². The third kappa shape index (κ3) is 5.87. The van der Waals surface area contributed by atoms with Crippen molar-refractivity contribution < 1.29 is 19.1 Å². The van der Waals surface area contributed by atoms with Gasteiger partial charge in [-0.25, -0.2) is 0 Å². The lowest BCUT2D eigenvalue weighted by molar-refractivity contribution is -0.136. The van der Waals surface area contributed by atoms with Crippen LogP contribution in [0.25, 0.3) is 0 Å². The Hall–Kier alpha value is -2.90. The van der Waals surface area contributed by atoms with E-state index in [-0.39, 0.29) is 11.8 Å². The van der Waals surface area contributed by atoms with Gasteiger partial charge in [0, 0.05) is 32.7 Å². The molecule has 2 amide bonds. The lowest BCUT2D eigenvalue weighted by Gasteiger charge is -2.30. The predicted molar refractivity (Wildman–Crippen MR) is 122 cm³/mol. The van der Waals surface area contributed by atoms with Crippen LogP contribution in [0, 0.1) is 0 Å². The van der Waals surface area contributed by atoms with Crippen LogP contribution < -0.4 is 10.1 Å². The quantitative estimate of drug-likeness (QED) is 0.779. The van der Waals surface area contributed by atoms with E-state index in [0.29, 0.717) is 70.4 Å². The van der Waals surface area contributed by atoms with Crippen molar-refractivity contribution in [2.45, 2.75) is 19.4 Å². The molecule has 0 spiro atoms. The Labute approximate surface area is 189 Å². The average Bonchev–Trinajstić information content (AvgIpc) is 2.83. The summed E-state index contributed by atoms with van der Waals surface area (Å²) in [6, 6.07) is 15.7. The molecule has 0 bridgehead atoms. The van der Waals surface area contributed by atoms with Crippen molar-refractivity contribution in [1.82, 2.24) is 15.1 Å². The fourth-order valence-electron chi connectivity index (χ4n) is 4.16. The smallest absolute Gasteiger partial charge is 0.255 e. The van der Waals surface area contributed by atoms with E-state index >= 15 is 0 Å². The molecule has 0 aliphatic carbocycles. The van der Waals surface area contributed by atoms with Crippen LogP contribution in [0.5, 0.6) is 5.75 Å². The van der Waals surface area contributed by atoms with Gasteiger partial charge in [0.05, 0.1) is 25.3 Å². The Morgan fingerprint density at radius 1 is 0.938 bits per heavy atom. The topological polar surface area (TPSA) is 71.1 Å². The Morgan fingerprint density at radius 2 is 1.69 bits per heavy atom. The van der Waals surface area contributed by atoms with Gasteiger partial charge in [0.2, 0.25) is 5.91 Å². The van der Waals surface area contributed by atoms with Crippen LogP contribution in [-0.2, 0) is 22.5 Å². The predicted octanol–water partition coefficient (Wildman–Crippen LogP) is 2.10. The first-order chi connectivity index (χ1) is 15.7. The van der Waals surface area contributed by atoms with E-state index < -0.39 is 0 Å². The first kappa shape index (κ1) is 22.3. The highest BCUT2D eigenvalue weighted by molar-refractivity contribution is 5.96. The number of nitrogens with one attached hydrogen (secondary N) is 1. The summed E-state index contributed by atoms with van der Waals surface area (Å²) in [4.78, 5) is 29.6. The molecular weight excluding hydrogens is 406 g/mol. The summed E-state index contributed by atoms with van der Waals surface area (Å²) in [5, 5.41) is 3.00. The second-order valence-corrected chi connectivity index (χ2v) is 8.18. The third-order valence-corrected chi connectivity index (χ3v) is 5.94. The van der Waals surface area contributed by atoms with Crippen LogP contribution in [0.3, 0.4) is 0 Å². The first-order valence-corrected chi connectivity index (χ1v) is 11.4. The van der Waals surface area contributed by atoms with Crippen LogP contribution in [-0.4, -0.2) is 74.2 Å². The normalized spacial score (nSPS) is 18.5. The summed E-state index contributed by atoms with van der Waals surface area (Å²) >= 11 is 0. The summed E-state index contributed by atoms with van der Waals surface area (Å²) < 4.78 is 11.4. The van der Waals surface area contributed by atoms with Crippen LogP contribution in [0.1, 0.15) is 27.9 Å². The van der Waals surface area contributed by atoms with Crippen molar-refractivity contribution in [1.29, 1.82) is 0 Å². The summed E-state index contributed by atoms with van der Waals surface area (Å²) in [7, 11) is 0. The number of hydrogen-bond acceptors (Lipinski definition) is 5. The minimum absolute atomic E-state index is 0.117. The molecule has 170 valence electrons. The number of nitrogens with zero attached hydrogens (tertiary/aromatic N) is 2. The van der Waals surface area contributed by atoms with E-state index in [1.165, 1.54) is 11.1 Å². The number of morpholine rings is 1. The second kappa shape index (κ2) is 11.1. The van der Waals surface area contributed by atoms with E-state index in [9.17, 15) is 9.59 Å². The van der Waals surface area contributed by atoms with Gasteiger partial charge in [0.1, 0.15) is 12.4 Å². The number of para-hydroxylation sites is 1. The molecule has 2 aliphatic rings. The minimum atomic E-state index is -0.120. The molecule has 0 saturated carbocycles. The molecule has 2 heterocycles. The molecule has 7 nitrogen and oxygen atoms in total. The SMILES string of the molecule is O=C1NCCCc2ccccc2CN(CC(=O)N2CCOCC2)CCOc2ccccc21. The van der Waals surface area contributed by atoms with Gasteiger partial charge in [0.25, 0.3) is 5.91 Å². The molecule has 4 rings (SSSR count). The number of carbonyl (C=O) groups is 2. The standard InChI is InChI=1S/C25H31N3O4/c29-24(28-13-15-31-16-14-28)19-27-12-17-32-23-10-4-3-9-22(23)25(30)26-11-5-8-20-6-1-2-7-21(20)18-27/h1-4,6-7,9-10H,5,8,11-19H2,(H,26,30). The molecule has 0 unspecified atom stereocenters. The van der Waals surface area contributed by atoms with Gasteiger partial charge >= 0.3 is 0 Å². The number of aryl methyl sites for hydroxylation is 1. The molecule has 0 aromatic heterocycles. The Balaban J connectivity index is 1.53. The summed E-state index contributed by atoms with van der Waals surface area (Å²) in [6.07, 6.45) is 1.72. The van der Waals surface area contributed by atoms with Crippen LogP contribution >= 0.6 is 0 Å². The molecule has 2 aromatic carbocycles. The van der Waals surface area contributed by atoms with Gasteiger partial charge in [-0.05, 0) is 36.1 Å². The Bertz CT molecular complexity index is 927. The Morgan fingerprint density at radius 3 is 2.53 bits per heavy atom. The highest BCUT2D eigenvalue weighted by Gasteiger charge is 2.21. The fraction of sp³-hybridized carbons (Fsp3) is 0.440. The monoisotopic (exact) mass is 437 g/mol. The highest BCUT2D eigenvalue weighted by Crippen LogP contribution is 2.19. The number of hydrogen-bond donors (Lipinski definition) is 1. The highest BCUT2D eigenvalue weighted by atomic mass is 16.5. The molecular formula is C25H31N3O4. The van der Waals surface area contributed by atoms with Gasteiger partial charge in [-0.2, -0.15) is 0 Å². The molecule has 1 N–H and O–H groups in total. The van der Waals surface area contributed by atoms with Gasteiger partial charge in [-0.15, -0.1) is 0 Å². The molecule has 1 saturated heterocycles. The number of ether oxygens (including phenoxy) is 2. The van der Waals surface area contributed by atoms with Crippen molar-refractivity contribution in [3.05, 3.63) is 65.2 Å². The number of fused-ring (bicyclic) bond motifs is 2. The lowest BCUT2D eigenvalue weighted by atomic mass is 10.0. The van der Waals surface area contributed by atoms with Gasteiger partial charge < -0.3 is 19.7 Å². The Kier molecular flexibility index (Phi) is 7.74. The van der Waals surface area contributed by atoms with Crippen molar-refractivity contribution in [3.63, 3.8) is 0 Å². The minimum Gasteiger partial charge on any atom is -0.491 e. The van der Waals surface area contributed by atoms with Crippen LogP contribution in [0.2, 0.25) is 0 Å². The molecule has 2 aromatic rings. The van der Waals surface area contributed by atoms with Gasteiger partial charge in [-0.1, -0.05) is 36.4 Å². The summed E-state index contributed by atoms with van der Waals surface area (Å²) in [5.41, 5.74) is 3.01. The molecule has 2 aliphatic heterocycles. The largest absolute Gasteiger partial charge is 0.491 e. The molecule has 32 heavy (non-hydrogen) atoms. The maximum Gasteiger partial charge on any atom is 0.255 e. The lowest BCUT2D eigenvalue weighted by Crippen LogP contribution is -2.46. The zero-order valence-electron chi connectivity index (χ0n) is 18.4. The van der Waals surface area contributed by atoms with Crippen molar-refractivity contribution in [2.75, 3.05) is 52.5 Å². The third-order valence-electron chi connectivity index (χ3n) is 5.94. The number of rotatable bonds is 2. The van der Waals surface area contributed by atoms with E-state index in [1.807, 2.05) is 35.2 Å². The van der Waals surface area contributed by atoms with Gasteiger partial charge in [0.15, 0.2) is 0 Å². The van der Waals surface area contributed by atoms with E-state index in [2.05, 4.69) is 22.3 Å². The molecule has 7 heteroatoms. The number of carbonyl (C=O) groups excluding carboxylic acids is 2. The summed E-state index contributed by atoms with van der Waals surface area (Å²) in [5.74, 6) is 0.568. The van der Waals surface area contributed by atoms with Crippen molar-refractivity contribution in [3.8, 4) is 5.75 Å². The number of amides is 2. The summed E-state index contributed by atoms with van der Waals surface area (Å²) in [6.45, 7) is 5.06. The van der Waals surface area contributed by atoms with E-state index in [0.717, 1.165) is 12.8 Å². The number of benzene rings is 2. The first-order valence-electron chi connectivity index (χ1n) is 11.4. The van der Waals surface area contributed by atoms with Crippen molar-refractivity contribution in [2.24, 2.45) is 0 Å². The van der Waals surface area contributed by atoms with E-state index in [4.69, 9.17) is 9.47 Å². The zero-order valence-corrected chi connectivity index (χ0v) is 18.4. The van der Waals surface area contributed by atoms with Crippen LogP contribution in [0.15, 0.2) is 48.5 Å². The second-order valence-electron chi connectivity index (χ2n) is 8.18. The molecule has 0 radical (unpaired) electrons. The maximum atomic E-state index is 12.9.